The van der Waals surface area contributed by atoms with E-state index in [4.69, 9.17) is 15.2 Å². The largest absolute Gasteiger partial charge is 0.385 e. The van der Waals surface area contributed by atoms with Crippen LogP contribution in [0.5, 0.6) is 0 Å². The number of anilines is 1. The minimum absolute atomic E-state index is 0.192. The molecule has 2 unspecified atom stereocenters. The van der Waals surface area contributed by atoms with Gasteiger partial charge < -0.3 is 20.5 Å². The van der Waals surface area contributed by atoms with Crippen LogP contribution in [0.1, 0.15) is 25.7 Å². The fourth-order valence-electron chi connectivity index (χ4n) is 2.34. The number of nitrogens with one attached hydrogen (secondary N) is 1. The lowest BCUT2D eigenvalue weighted by Gasteiger charge is -2.11. The molecular weight excluding hydrogens is 272 g/mol. The van der Waals surface area contributed by atoms with Crippen molar-refractivity contribution in [3.8, 4) is 0 Å². The van der Waals surface area contributed by atoms with Crippen LogP contribution >= 0.6 is 0 Å². The molecular formula is C14H24N4O3. The highest BCUT2D eigenvalue weighted by Gasteiger charge is 2.17. The fourth-order valence-corrected chi connectivity index (χ4v) is 2.34. The summed E-state index contributed by atoms with van der Waals surface area (Å²) in [6.07, 6.45) is 7.20. The van der Waals surface area contributed by atoms with Crippen LogP contribution in [0.25, 0.3) is 0 Å². The number of amides is 1. The Labute approximate surface area is 124 Å². The van der Waals surface area contributed by atoms with Gasteiger partial charge in [0.05, 0.1) is 30.6 Å². The van der Waals surface area contributed by atoms with Crippen molar-refractivity contribution in [1.82, 2.24) is 9.78 Å². The first-order chi connectivity index (χ1) is 10.2. The zero-order valence-electron chi connectivity index (χ0n) is 12.5. The minimum atomic E-state index is -0.526. The van der Waals surface area contributed by atoms with Gasteiger partial charge >= 0.3 is 0 Å². The molecule has 118 valence electrons. The first kappa shape index (κ1) is 15.9. The smallest absolute Gasteiger partial charge is 0.241 e. The summed E-state index contributed by atoms with van der Waals surface area (Å²) in [7, 11) is 1.63. The van der Waals surface area contributed by atoms with E-state index < -0.39 is 6.04 Å². The number of nitrogens with two attached hydrogens (primary N) is 1. The molecule has 0 aromatic carbocycles. The molecule has 21 heavy (non-hydrogen) atoms. The zero-order valence-corrected chi connectivity index (χ0v) is 12.5. The quantitative estimate of drug-likeness (QED) is 0.691. The molecule has 2 atom stereocenters. The third kappa shape index (κ3) is 5.11. The van der Waals surface area contributed by atoms with E-state index >= 15 is 0 Å². The molecule has 0 bridgehead atoms. The van der Waals surface area contributed by atoms with Crippen molar-refractivity contribution in [2.75, 3.05) is 25.6 Å². The standard InChI is InChI=1S/C14H24N4O3/c1-20-6-3-5-13(15)14(19)17-11-8-16-18(9-11)10-12-4-2-7-21-12/h8-9,12-13H,2-7,10,15H2,1H3,(H,17,19). The molecule has 0 radical (unpaired) electrons. The second-order valence-electron chi connectivity index (χ2n) is 5.32. The van der Waals surface area contributed by atoms with Crippen LogP contribution in [-0.2, 0) is 20.8 Å². The summed E-state index contributed by atoms with van der Waals surface area (Å²) >= 11 is 0. The second kappa shape index (κ2) is 8.11. The highest BCUT2D eigenvalue weighted by Crippen LogP contribution is 2.15. The van der Waals surface area contributed by atoms with E-state index in [0.29, 0.717) is 18.7 Å². The van der Waals surface area contributed by atoms with Gasteiger partial charge in [-0.1, -0.05) is 0 Å². The molecule has 1 fully saturated rings. The Bertz CT molecular complexity index is 443. The van der Waals surface area contributed by atoms with Gasteiger partial charge in [0.1, 0.15) is 0 Å². The van der Waals surface area contributed by atoms with E-state index in [1.807, 2.05) is 0 Å². The van der Waals surface area contributed by atoms with Gasteiger partial charge in [0.2, 0.25) is 5.91 Å². The number of carbonyl (C=O) groups excluding carboxylic acids is 1. The predicted molar refractivity (Wildman–Crippen MR) is 78.9 cm³/mol. The Morgan fingerprint density at radius 1 is 1.71 bits per heavy atom. The summed E-state index contributed by atoms with van der Waals surface area (Å²) < 4.78 is 12.3. The molecule has 2 rings (SSSR count). The Morgan fingerprint density at radius 2 is 2.57 bits per heavy atom. The second-order valence-corrected chi connectivity index (χ2v) is 5.32. The third-order valence-corrected chi connectivity index (χ3v) is 3.52. The molecule has 3 N–H and O–H groups in total. The molecule has 7 heteroatoms. The molecule has 1 saturated heterocycles. The highest BCUT2D eigenvalue weighted by atomic mass is 16.5. The predicted octanol–water partition coefficient (Wildman–Crippen LogP) is 0.755. The summed E-state index contributed by atoms with van der Waals surface area (Å²) in [4.78, 5) is 11.9. The maximum absolute atomic E-state index is 11.9. The Kier molecular flexibility index (Phi) is 6.16. The van der Waals surface area contributed by atoms with Crippen molar-refractivity contribution in [1.29, 1.82) is 0 Å². The first-order valence-corrected chi connectivity index (χ1v) is 7.38. The molecule has 2 heterocycles. The number of ether oxygens (including phenoxy) is 2. The van der Waals surface area contributed by atoms with Crippen molar-refractivity contribution in [2.24, 2.45) is 5.73 Å². The number of aromatic nitrogens is 2. The Morgan fingerprint density at radius 3 is 3.29 bits per heavy atom. The summed E-state index contributed by atoms with van der Waals surface area (Å²) in [5.41, 5.74) is 6.50. The average Bonchev–Trinajstić information content (AvgIpc) is 3.11. The number of rotatable bonds is 8. The van der Waals surface area contributed by atoms with Crippen LogP contribution in [0, 0.1) is 0 Å². The lowest BCUT2D eigenvalue weighted by atomic mass is 10.1. The van der Waals surface area contributed by atoms with Crippen LogP contribution < -0.4 is 11.1 Å². The molecule has 1 aromatic rings. The van der Waals surface area contributed by atoms with Crippen molar-refractivity contribution in [2.45, 2.75) is 44.4 Å². The van der Waals surface area contributed by atoms with Crippen LogP contribution in [0.3, 0.4) is 0 Å². The van der Waals surface area contributed by atoms with Crippen LogP contribution in [-0.4, -0.2) is 48.2 Å². The van der Waals surface area contributed by atoms with E-state index in [-0.39, 0.29) is 12.0 Å². The van der Waals surface area contributed by atoms with Gasteiger partial charge in [0.25, 0.3) is 0 Å². The van der Waals surface area contributed by atoms with E-state index in [9.17, 15) is 4.79 Å². The number of hydrogen-bond acceptors (Lipinski definition) is 5. The number of carbonyl (C=O) groups is 1. The zero-order chi connectivity index (χ0) is 15.1. The molecule has 0 spiro atoms. The first-order valence-electron chi connectivity index (χ1n) is 7.38. The number of methoxy groups -OCH3 is 1. The summed E-state index contributed by atoms with van der Waals surface area (Å²) in [5.74, 6) is -0.192. The molecule has 0 aliphatic carbocycles. The molecule has 1 aromatic heterocycles. The normalized spacial score (nSPS) is 19.6. The third-order valence-electron chi connectivity index (χ3n) is 3.52. The molecule has 7 nitrogen and oxygen atoms in total. The van der Waals surface area contributed by atoms with Crippen molar-refractivity contribution in [3.05, 3.63) is 12.4 Å². The van der Waals surface area contributed by atoms with Crippen molar-refractivity contribution >= 4 is 11.6 Å². The fraction of sp³-hybridized carbons (Fsp3) is 0.714. The monoisotopic (exact) mass is 296 g/mol. The van der Waals surface area contributed by atoms with Crippen molar-refractivity contribution < 1.29 is 14.3 Å². The average molecular weight is 296 g/mol. The lowest BCUT2D eigenvalue weighted by molar-refractivity contribution is -0.117. The number of hydrogen-bond donors (Lipinski definition) is 2. The van der Waals surface area contributed by atoms with Gasteiger partial charge in [0, 0.05) is 26.5 Å². The van der Waals surface area contributed by atoms with E-state index in [2.05, 4.69) is 10.4 Å². The summed E-state index contributed by atoms with van der Waals surface area (Å²) in [5, 5.41) is 7.01. The van der Waals surface area contributed by atoms with Crippen LogP contribution in [0.15, 0.2) is 12.4 Å². The van der Waals surface area contributed by atoms with Gasteiger partial charge in [-0.2, -0.15) is 5.10 Å². The SMILES string of the molecule is COCCCC(N)C(=O)Nc1cnn(CC2CCCO2)c1. The maximum atomic E-state index is 11.9. The van der Waals surface area contributed by atoms with E-state index in [1.54, 1.807) is 24.2 Å². The topological polar surface area (TPSA) is 91.4 Å². The van der Waals surface area contributed by atoms with Gasteiger partial charge in [-0.25, -0.2) is 0 Å². The minimum Gasteiger partial charge on any atom is -0.385 e. The number of nitrogens with zero attached hydrogens (tertiary/aromatic N) is 2. The van der Waals surface area contributed by atoms with Gasteiger partial charge in [-0.3, -0.25) is 9.48 Å². The maximum Gasteiger partial charge on any atom is 0.241 e. The Balaban J connectivity index is 1.76. The van der Waals surface area contributed by atoms with Crippen molar-refractivity contribution in [3.63, 3.8) is 0 Å². The molecule has 1 aliphatic heterocycles. The Hall–Kier alpha value is -1.44. The molecule has 1 aliphatic rings. The van der Waals surface area contributed by atoms with Gasteiger partial charge in [0.15, 0.2) is 0 Å². The summed E-state index contributed by atoms with van der Waals surface area (Å²) in [6.45, 7) is 2.15. The molecule has 0 saturated carbocycles. The van der Waals surface area contributed by atoms with Gasteiger partial charge in [-0.05, 0) is 25.7 Å². The van der Waals surface area contributed by atoms with E-state index in [1.165, 1.54) is 0 Å². The molecule has 1 amide bonds. The lowest BCUT2D eigenvalue weighted by Crippen LogP contribution is -2.35. The van der Waals surface area contributed by atoms with E-state index in [0.717, 1.165) is 32.4 Å². The van der Waals surface area contributed by atoms with Gasteiger partial charge in [-0.15, -0.1) is 0 Å². The summed E-state index contributed by atoms with van der Waals surface area (Å²) in [6, 6.07) is -0.526. The van der Waals surface area contributed by atoms with Crippen LogP contribution in [0.2, 0.25) is 0 Å². The highest BCUT2D eigenvalue weighted by molar-refractivity contribution is 5.94. The van der Waals surface area contributed by atoms with Crippen LogP contribution in [0.4, 0.5) is 5.69 Å².